The summed E-state index contributed by atoms with van der Waals surface area (Å²) >= 11 is 0. The van der Waals surface area contributed by atoms with Crippen molar-refractivity contribution in [3.8, 4) is 0 Å². The monoisotopic (exact) mass is 398 g/mol. The second-order valence-corrected chi connectivity index (χ2v) is 8.51. The molecular weight excluding hydrogens is 368 g/mol. The van der Waals surface area contributed by atoms with Crippen molar-refractivity contribution in [1.82, 2.24) is 20.0 Å². The molecular formula is C22H30N4O3. The van der Waals surface area contributed by atoms with Crippen LogP contribution in [0.5, 0.6) is 0 Å². The Labute approximate surface area is 172 Å². The van der Waals surface area contributed by atoms with Crippen LogP contribution in [0.4, 0.5) is 4.79 Å². The summed E-state index contributed by atoms with van der Waals surface area (Å²) in [4.78, 5) is 26.8. The van der Waals surface area contributed by atoms with Crippen LogP contribution in [-0.4, -0.2) is 51.4 Å². The van der Waals surface area contributed by atoms with Gasteiger partial charge in [0.2, 0.25) is 0 Å². The van der Waals surface area contributed by atoms with Crippen LogP contribution >= 0.6 is 0 Å². The van der Waals surface area contributed by atoms with Gasteiger partial charge in [-0.2, -0.15) is 5.10 Å². The fourth-order valence-corrected chi connectivity index (χ4v) is 3.45. The summed E-state index contributed by atoms with van der Waals surface area (Å²) in [5.74, 6) is -0.111. The summed E-state index contributed by atoms with van der Waals surface area (Å²) in [6, 6.07) is 10.1. The van der Waals surface area contributed by atoms with Gasteiger partial charge in [-0.15, -0.1) is 0 Å². The van der Waals surface area contributed by atoms with Crippen LogP contribution in [0.2, 0.25) is 0 Å². The third kappa shape index (κ3) is 5.59. The van der Waals surface area contributed by atoms with E-state index in [0.29, 0.717) is 37.9 Å². The lowest BCUT2D eigenvalue weighted by molar-refractivity contribution is 0.0199. The molecule has 7 nitrogen and oxygen atoms in total. The number of ether oxygens (including phenoxy) is 1. The van der Waals surface area contributed by atoms with Gasteiger partial charge in [-0.3, -0.25) is 9.48 Å². The molecule has 0 radical (unpaired) electrons. The van der Waals surface area contributed by atoms with Crippen molar-refractivity contribution in [3.05, 3.63) is 53.3 Å². The van der Waals surface area contributed by atoms with Crippen LogP contribution < -0.4 is 5.32 Å². The first-order valence-corrected chi connectivity index (χ1v) is 10.1. The maximum absolute atomic E-state index is 12.9. The molecule has 0 unspecified atom stereocenters. The molecule has 7 heteroatoms. The number of carbonyl (C=O) groups is 2. The molecule has 2 aromatic rings. The second kappa shape index (κ2) is 8.68. The van der Waals surface area contributed by atoms with Crippen molar-refractivity contribution in [2.24, 2.45) is 7.05 Å². The largest absolute Gasteiger partial charge is 0.444 e. The zero-order valence-corrected chi connectivity index (χ0v) is 17.6. The number of carbonyl (C=O) groups excluding carboxylic acids is 2. The van der Waals surface area contributed by atoms with Gasteiger partial charge >= 0.3 is 6.09 Å². The Morgan fingerprint density at radius 1 is 1.17 bits per heavy atom. The lowest BCUT2D eigenvalue weighted by Crippen LogP contribution is -2.47. The van der Waals surface area contributed by atoms with E-state index in [-0.39, 0.29) is 18.0 Å². The standard InChI is InChI=1S/C22H30N4O3/c1-22(2,3)29-21(28)26-12-10-17(11-13-26)24-20(27)18-15-23-25(4)19(18)14-16-8-6-5-7-9-16/h5-9,15,17H,10-14H2,1-4H3,(H,24,27). The Hall–Kier alpha value is -2.83. The molecule has 156 valence electrons. The normalized spacial score (nSPS) is 15.2. The molecule has 29 heavy (non-hydrogen) atoms. The molecule has 0 atom stereocenters. The minimum Gasteiger partial charge on any atom is -0.444 e. The Morgan fingerprint density at radius 2 is 1.83 bits per heavy atom. The Balaban J connectivity index is 1.57. The first-order chi connectivity index (χ1) is 13.7. The highest BCUT2D eigenvalue weighted by molar-refractivity contribution is 5.95. The number of nitrogens with zero attached hydrogens (tertiary/aromatic N) is 3. The van der Waals surface area contributed by atoms with Gasteiger partial charge in [0.15, 0.2) is 0 Å². The van der Waals surface area contributed by atoms with Crippen molar-refractivity contribution in [2.75, 3.05) is 13.1 Å². The number of aromatic nitrogens is 2. The Bertz CT molecular complexity index is 847. The fourth-order valence-electron chi connectivity index (χ4n) is 3.45. The Kier molecular flexibility index (Phi) is 6.25. The number of nitrogens with one attached hydrogen (secondary N) is 1. The molecule has 1 aromatic carbocycles. The van der Waals surface area contributed by atoms with Crippen molar-refractivity contribution in [1.29, 1.82) is 0 Å². The number of likely N-dealkylation sites (tertiary alicyclic amines) is 1. The highest BCUT2D eigenvalue weighted by Crippen LogP contribution is 2.18. The zero-order valence-electron chi connectivity index (χ0n) is 17.6. The molecule has 1 aliphatic heterocycles. The minimum atomic E-state index is -0.502. The molecule has 1 N–H and O–H groups in total. The molecule has 3 rings (SSSR count). The third-order valence-electron chi connectivity index (χ3n) is 5.00. The summed E-state index contributed by atoms with van der Waals surface area (Å²) in [6.45, 7) is 6.73. The van der Waals surface area contributed by atoms with E-state index in [2.05, 4.69) is 10.4 Å². The van der Waals surface area contributed by atoms with Gasteiger partial charge in [0.25, 0.3) is 5.91 Å². The van der Waals surface area contributed by atoms with E-state index in [4.69, 9.17) is 4.74 Å². The van der Waals surface area contributed by atoms with E-state index in [1.807, 2.05) is 58.2 Å². The number of aryl methyl sites for hydroxylation is 1. The van der Waals surface area contributed by atoms with E-state index in [0.717, 1.165) is 11.3 Å². The summed E-state index contributed by atoms with van der Waals surface area (Å²) in [5, 5.41) is 7.39. The smallest absolute Gasteiger partial charge is 0.410 e. The van der Waals surface area contributed by atoms with Gasteiger partial charge < -0.3 is 15.0 Å². The van der Waals surface area contributed by atoms with E-state index in [9.17, 15) is 9.59 Å². The predicted molar refractivity (Wildman–Crippen MR) is 111 cm³/mol. The van der Waals surface area contributed by atoms with Crippen molar-refractivity contribution >= 4 is 12.0 Å². The van der Waals surface area contributed by atoms with Gasteiger partial charge in [-0.1, -0.05) is 30.3 Å². The van der Waals surface area contributed by atoms with Gasteiger partial charge in [0.1, 0.15) is 5.60 Å². The lowest BCUT2D eigenvalue weighted by Gasteiger charge is -2.33. The number of benzene rings is 1. The number of rotatable bonds is 4. The predicted octanol–water partition coefficient (Wildman–Crippen LogP) is 3.14. The van der Waals surface area contributed by atoms with Crippen LogP contribution in [0, 0.1) is 0 Å². The quantitative estimate of drug-likeness (QED) is 0.858. The summed E-state index contributed by atoms with van der Waals surface area (Å²) in [5.41, 5.74) is 2.12. The van der Waals surface area contributed by atoms with E-state index in [1.165, 1.54) is 0 Å². The Morgan fingerprint density at radius 3 is 2.45 bits per heavy atom. The van der Waals surface area contributed by atoms with Gasteiger partial charge in [-0.25, -0.2) is 4.79 Å². The topological polar surface area (TPSA) is 76.5 Å². The average Bonchev–Trinajstić information content (AvgIpc) is 3.02. The van der Waals surface area contributed by atoms with Crippen LogP contribution in [0.15, 0.2) is 36.5 Å². The maximum Gasteiger partial charge on any atom is 0.410 e. The minimum absolute atomic E-state index is 0.0333. The SMILES string of the molecule is Cn1ncc(C(=O)NC2CCN(C(=O)OC(C)(C)C)CC2)c1Cc1ccccc1. The van der Waals surface area contributed by atoms with E-state index < -0.39 is 5.60 Å². The first kappa shape index (κ1) is 20.9. The number of piperidine rings is 1. The van der Waals surface area contributed by atoms with Crippen LogP contribution in [0.3, 0.4) is 0 Å². The van der Waals surface area contributed by atoms with Crippen LogP contribution in [-0.2, 0) is 18.2 Å². The molecule has 0 aliphatic carbocycles. The van der Waals surface area contributed by atoms with E-state index in [1.54, 1.807) is 15.8 Å². The zero-order chi connectivity index (χ0) is 21.0. The summed E-state index contributed by atoms with van der Waals surface area (Å²) < 4.78 is 7.18. The fraction of sp³-hybridized carbons (Fsp3) is 0.500. The van der Waals surface area contributed by atoms with Crippen LogP contribution in [0.1, 0.15) is 55.2 Å². The van der Waals surface area contributed by atoms with Gasteiger partial charge in [0.05, 0.1) is 17.5 Å². The number of hydrogen-bond donors (Lipinski definition) is 1. The van der Waals surface area contributed by atoms with Crippen molar-refractivity contribution < 1.29 is 14.3 Å². The molecule has 2 heterocycles. The lowest BCUT2D eigenvalue weighted by atomic mass is 10.0. The van der Waals surface area contributed by atoms with E-state index >= 15 is 0 Å². The molecule has 1 saturated heterocycles. The molecule has 1 fully saturated rings. The molecule has 0 spiro atoms. The van der Waals surface area contributed by atoms with Crippen LogP contribution in [0.25, 0.3) is 0 Å². The van der Waals surface area contributed by atoms with Gasteiger partial charge in [0, 0.05) is 32.6 Å². The molecule has 1 aliphatic rings. The summed E-state index contributed by atoms with van der Waals surface area (Å²) in [7, 11) is 1.86. The molecule has 0 saturated carbocycles. The second-order valence-electron chi connectivity index (χ2n) is 8.51. The third-order valence-corrected chi connectivity index (χ3v) is 5.00. The molecule has 1 aromatic heterocycles. The average molecular weight is 399 g/mol. The van der Waals surface area contributed by atoms with Crippen molar-refractivity contribution in [2.45, 2.75) is 51.7 Å². The van der Waals surface area contributed by atoms with Gasteiger partial charge in [-0.05, 0) is 39.2 Å². The highest BCUT2D eigenvalue weighted by Gasteiger charge is 2.28. The number of hydrogen-bond acceptors (Lipinski definition) is 4. The maximum atomic E-state index is 12.9. The first-order valence-electron chi connectivity index (χ1n) is 10.1. The summed E-state index contributed by atoms with van der Waals surface area (Å²) in [6.07, 6.45) is 3.40. The molecule has 2 amide bonds. The number of amides is 2. The van der Waals surface area contributed by atoms with Crippen molar-refractivity contribution in [3.63, 3.8) is 0 Å². The highest BCUT2D eigenvalue weighted by atomic mass is 16.6. The molecule has 0 bridgehead atoms.